The zero-order valence-corrected chi connectivity index (χ0v) is 19.3. The van der Waals surface area contributed by atoms with E-state index in [-0.39, 0.29) is 41.7 Å². The van der Waals surface area contributed by atoms with Gasteiger partial charge in [-0.3, -0.25) is 9.79 Å². The van der Waals surface area contributed by atoms with Gasteiger partial charge in [-0.1, -0.05) is 18.2 Å². The highest BCUT2D eigenvalue weighted by atomic mass is 127. The molecular weight excluding hydrogens is 479 g/mol. The predicted octanol–water partition coefficient (Wildman–Crippen LogP) is 1.80. The van der Waals surface area contributed by atoms with E-state index in [1.807, 2.05) is 32.0 Å². The molecule has 0 aromatic heterocycles. The maximum Gasteiger partial charge on any atom is 0.251 e. The Morgan fingerprint density at radius 2 is 1.85 bits per heavy atom. The molecule has 27 heavy (non-hydrogen) atoms. The van der Waals surface area contributed by atoms with Crippen molar-refractivity contribution in [3.05, 3.63) is 35.9 Å². The summed E-state index contributed by atoms with van der Waals surface area (Å²) in [7, 11) is -2.96. The first-order valence-electron chi connectivity index (χ1n) is 8.87. The van der Waals surface area contributed by atoms with Gasteiger partial charge in [0, 0.05) is 37.5 Å². The molecule has 0 aliphatic rings. The second-order valence-electron chi connectivity index (χ2n) is 6.20. The fourth-order valence-electron chi connectivity index (χ4n) is 2.18. The van der Waals surface area contributed by atoms with Crippen LogP contribution in [0.4, 0.5) is 0 Å². The van der Waals surface area contributed by atoms with Crippen LogP contribution >= 0.6 is 24.0 Å². The van der Waals surface area contributed by atoms with E-state index in [9.17, 15) is 13.2 Å². The number of benzene rings is 1. The molecule has 0 fully saturated rings. The maximum absolute atomic E-state index is 11.9. The third-order valence-electron chi connectivity index (χ3n) is 3.58. The quantitative estimate of drug-likeness (QED) is 0.193. The third-order valence-corrected chi connectivity index (χ3v) is 4.55. The smallest absolute Gasteiger partial charge is 0.251 e. The van der Waals surface area contributed by atoms with Crippen molar-refractivity contribution >= 4 is 45.7 Å². The number of nitrogens with one attached hydrogen (secondary N) is 3. The van der Waals surface area contributed by atoms with Crippen LogP contribution in [0, 0.1) is 0 Å². The highest BCUT2D eigenvalue weighted by Gasteiger charge is 2.09. The summed E-state index contributed by atoms with van der Waals surface area (Å²) < 4.78 is 22.5. The molecule has 9 heteroatoms. The lowest BCUT2D eigenvalue weighted by molar-refractivity contribution is 0.0953. The van der Waals surface area contributed by atoms with Crippen molar-refractivity contribution < 1.29 is 13.2 Å². The number of carbonyl (C=O) groups excluding carboxylic acids is 1. The Bertz CT molecular complexity index is 681. The summed E-state index contributed by atoms with van der Waals surface area (Å²) in [4.78, 5) is 16.4. The Morgan fingerprint density at radius 1 is 1.19 bits per heavy atom. The molecular formula is C18H31IN4O3S. The van der Waals surface area contributed by atoms with Crippen LogP contribution in [0.15, 0.2) is 35.3 Å². The molecule has 1 amide bonds. The molecule has 0 aliphatic heterocycles. The Kier molecular flexibility index (Phi) is 13.1. The van der Waals surface area contributed by atoms with E-state index in [4.69, 9.17) is 0 Å². The average molecular weight is 510 g/mol. The molecule has 0 spiro atoms. The number of hydrogen-bond acceptors (Lipinski definition) is 4. The first-order valence-corrected chi connectivity index (χ1v) is 10.9. The first kappa shape index (κ1) is 25.6. The van der Waals surface area contributed by atoms with Crippen LogP contribution in [-0.4, -0.2) is 58.0 Å². The second-order valence-corrected chi connectivity index (χ2v) is 8.46. The standard InChI is InChI=1S/C18H30N4O3S.HI/c1-4-19-18(22-15(2)11-14-26(3,24)25)21-13-8-12-20-17(23)16-9-6-5-7-10-16;/h5-7,9-10,15H,4,8,11-14H2,1-3H3,(H,20,23)(H2,19,21,22);1H. The van der Waals surface area contributed by atoms with Gasteiger partial charge in [-0.15, -0.1) is 24.0 Å². The molecule has 0 aliphatic carbocycles. The van der Waals surface area contributed by atoms with Crippen LogP contribution in [0.2, 0.25) is 0 Å². The van der Waals surface area contributed by atoms with E-state index in [0.717, 1.165) is 6.54 Å². The topological polar surface area (TPSA) is 99.7 Å². The fraction of sp³-hybridized carbons (Fsp3) is 0.556. The van der Waals surface area contributed by atoms with Crippen LogP contribution in [-0.2, 0) is 9.84 Å². The van der Waals surface area contributed by atoms with Gasteiger partial charge in [-0.05, 0) is 38.8 Å². The van der Waals surface area contributed by atoms with Gasteiger partial charge >= 0.3 is 0 Å². The summed E-state index contributed by atoms with van der Waals surface area (Å²) in [6, 6.07) is 9.09. The number of nitrogens with zero attached hydrogens (tertiary/aromatic N) is 1. The lowest BCUT2D eigenvalue weighted by Crippen LogP contribution is -2.43. The molecule has 1 unspecified atom stereocenters. The molecule has 0 bridgehead atoms. The van der Waals surface area contributed by atoms with Crippen molar-refractivity contribution in [3.63, 3.8) is 0 Å². The molecule has 154 valence electrons. The van der Waals surface area contributed by atoms with E-state index >= 15 is 0 Å². The molecule has 0 saturated heterocycles. The zero-order valence-electron chi connectivity index (χ0n) is 16.2. The fourth-order valence-corrected chi connectivity index (χ4v) is 2.96. The highest BCUT2D eigenvalue weighted by Crippen LogP contribution is 1.98. The van der Waals surface area contributed by atoms with E-state index in [2.05, 4.69) is 20.9 Å². The SMILES string of the molecule is CCNC(=NCCCNC(=O)c1ccccc1)NC(C)CCS(C)(=O)=O.I. The normalized spacial score (nSPS) is 12.6. The molecule has 7 nitrogen and oxygen atoms in total. The monoisotopic (exact) mass is 510 g/mol. The summed E-state index contributed by atoms with van der Waals surface area (Å²) in [5.74, 6) is 0.711. The highest BCUT2D eigenvalue weighted by molar-refractivity contribution is 14.0. The summed E-state index contributed by atoms with van der Waals surface area (Å²) in [6.45, 7) is 5.72. The lowest BCUT2D eigenvalue weighted by Gasteiger charge is -2.17. The van der Waals surface area contributed by atoms with Gasteiger partial charge in [0.15, 0.2) is 5.96 Å². The van der Waals surface area contributed by atoms with Gasteiger partial charge in [-0.25, -0.2) is 8.42 Å². The minimum Gasteiger partial charge on any atom is -0.357 e. The number of sulfone groups is 1. The van der Waals surface area contributed by atoms with Crippen LogP contribution in [0.1, 0.15) is 37.0 Å². The molecule has 3 N–H and O–H groups in total. The molecule has 1 aromatic carbocycles. The average Bonchev–Trinajstić information content (AvgIpc) is 2.60. The Labute approximate surface area is 179 Å². The molecule has 1 aromatic rings. The van der Waals surface area contributed by atoms with Crippen molar-refractivity contribution in [1.82, 2.24) is 16.0 Å². The minimum atomic E-state index is -2.96. The van der Waals surface area contributed by atoms with E-state index in [1.54, 1.807) is 12.1 Å². The zero-order chi connectivity index (χ0) is 19.4. The van der Waals surface area contributed by atoms with Crippen LogP contribution in [0.5, 0.6) is 0 Å². The molecule has 1 atom stereocenters. The van der Waals surface area contributed by atoms with Gasteiger partial charge in [-0.2, -0.15) is 0 Å². The Morgan fingerprint density at radius 3 is 2.44 bits per heavy atom. The molecule has 0 saturated carbocycles. The van der Waals surface area contributed by atoms with E-state index in [0.29, 0.717) is 37.5 Å². The largest absolute Gasteiger partial charge is 0.357 e. The van der Waals surface area contributed by atoms with E-state index < -0.39 is 9.84 Å². The van der Waals surface area contributed by atoms with Gasteiger partial charge in [0.1, 0.15) is 9.84 Å². The van der Waals surface area contributed by atoms with Gasteiger partial charge in [0.05, 0.1) is 5.75 Å². The van der Waals surface area contributed by atoms with Crippen molar-refractivity contribution in [3.8, 4) is 0 Å². The summed E-state index contributed by atoms with van der Waals surface area (Å²) in [5, 5.41) is 9.21. The first-order chi connectivity index (χ1) is 12.3. The van der Waals surface area contributed by atoms with Crippen molar-refractivity contribution in [2.75, 3.05) is 31.6 Å². The van der Waals surface area contributed by atoms with Crippen LogP contribution < -0.4 is 16.0 Å². The molecule has 0 heterocycles. The number of hydrogen-bond donors (Lipinski definition) is 3. The van der Waals surface area contributed by atoms with Crippen LogP contribution in [0.3, 0.4) is 0 Å². The van der Waals surface area contributed by atoms with Gasteiger partial charge in [0.25, 0.3) is 5.91 Å². The van der Waals surface area contributed by atoms with Crippen molar-refractivity contribution in [2.24, 2.45) is 4.99 Å². The summed E-state index contributed by atoms with van der Waals surface area (Å²) in [5.41, 5.74) is 0.644. The Hall–Kier alpha value is -1.36. The van der Waals surface area contributed by atoms with Crippen molar-refractivity contribution in [1.29, 1.82) is 0 Å². The minimum absolute atomic E-state index is 0. The van der Waals surface area contributed by atoms with Gasteiger partial charge < -0.3 is 16.0 Å². The number of guanidine groups is 1. The van der Waals surface area contributed by atoms with Crippen LogP contribution in [0.25, 0.3) is 0 Å². The summed E-state index contributed by atoms with van der Waals surface area (Å²) in [6.07, 6.45) is 2.48. The third kappa shape index (κ3) is 12.6. The van der Waals surface area contributed by atoms with Gasteiger partial charge in [0.2, 0.25) is 0 Å². The molecule has 1 rings (SSSR count). The van der Waals surface area contributed by atoms with Crippen molar-refractivity contribution in [2.45, 2.75) is 32.7 Å². The number of amides is 1. The maximum atomic E-state index is 11.9. The number of halogens is 1. The Balaban J connectivity index is 0.00000676. The summed E-state index contributed by atoms with van der Waals surface area (Å²) >= 11 is 0. The lowest BCUT2D eigenvalue weighted by atomic mass is 10.2. The second kappa shape index (κ2) is 13.8. The number of rotatable bonds is 10. The van der Waals surface area contributed by atoms with E-state index in [1.165, 1.54) is 6.26 Å². The number of carbonyl (C=O) groups is 1. The molecule has 0 radical (unpaired) electrons. The number of aliphatic imine (C=N–C) groups is 1. The predicted molar refractivity (Wildman–Crippen MR) is 122 cm³/mol.